The van der Waals surface area contributed by atoms with E-state index in [9.17, 15) is 0 Å². The highest BCUT2D eigenvalue weighted by Crippen LogP contribution is 2.26. The number of benzene rings is 4. The molecule has 0 atom stereocenters. The predicted molar refractivity (Wildman–Crippen MR) is 167 cm³/mol. The van der Waals surface area contributed by atoms with Gasteiger partial charge < -0.3 is 16.1 Å². The first-order valence-corrected chi connectivity index (χ1v) is 13.1. The molecular formula is C35H34N4. The van der Waals surface area contributed by atoms with E-state index in [0.29, 0.717) is 6.54 Å². The number of aryl methyl sites for hydroxylation is 1. The van der Waals surface area contributed by atoms with Gasteiger partial charge in [-0.25, -0.2) is 0 Å². The van der Waals surface area contributed by atoms with E-state index in [1.165, 1.54) is 0 Å². The van der Waals surface area contributed by atoms with Crippen LogP contribution in [0.4, 0.5) is 17.1 Å². The summed E-state index contributed by atoms with van der Waals surface area (Å²) in [4.78, 5) is 2.17. The Hall–Kier alpha value is -5.01. The standard InChI is InChI=1S/C35H34N4/c1-3-4-5-6-7-9-17-30-18-13-14-21-33(30)37-32-25-23-29(24-26-32)27-39(34-22-15-12-16-28(34)2)35(38-36)31-19-10-8-11-20-31/h3,8-26,37H,1,6-7,27,36H2,2H3/b17-9+,38-35-. The molecule has 0 saturated carbocycles. The number of anilines is 3. The lowest BCUT2D eigenvalue weighted by Gasteiger charge is -2.28. The average Bonchev–Trinajstić information content (AvgIpc) is 2.97. The van der Waals surface area contributed by atoms with Crippen LogP contribution in [0.25, 0.3) is 6.08 Å². The first-order valence-electron chi connectivity index (χ1n) is 13.1. The summed E-state index contributed by atoms with van der Waals surface area (Å²) < 4.78 is 0. The zero-order valence-electron chi connectivity index (χ0n) is 22.3. The molecule has 4 nitrogen and oxygen atoms in total. The molecule has 0 aliphatic heterocycles. The third-order valence-electron chi connectivity index (χ3n) is 6.29. The first-order chi connectivity index (χ1) is 19.2. The largest absolute Gasteiger partial charge is 0.355 e. The van der Waals surface area contributed by atoms with Crippen molar-refractivity contribution in [3.05, 3.63) is 144 Å². The Bertz CT molecular complexity index is 1490. The third-order valence-corrected chi connectivity index (χ3v) is 6.29. The van der Waals surface area contributed by atoms with Crippen LogP contribution < -0.4 is 16.1 Å². The van der Waals surface area contributed by atoms with Crippen molar-refractivity contribution in [2.24, 2.45) is 10.9 Å². The molecule has 0 saturated heterocycles. The summed E-state index contributed by atoms with van der Waals surface area (Å²) in [5, 5.41) is 7.78. The Morgan fingerprint density at radius 2 is 1.64 bits per heavy atom. The van der Waals surface area contributed by atoms with E-state index in [4.69, 9.17) is 5.84 Å². The molecule has 4 aromatic carbocycles. The summed E-state index contributed by atoms with van der Waals surface area (Å²) >= 11 is 0. The molecule has 4 heteroatoms. The Kier molecular flexibility index (Phi) is 9.75. The van der Waals surface area contributed by atoms with Crippen LogP contribution in [0.15, 0.2) is 127 Å². The fourth-order valence-electron chi connectivity index (χ4n) is 4.33. The number of hydrogen-bond acceptors (Lipinski definition) is 3. The van der Waals surface area contributed by atoms with Crippen molar-refractivity contribution in [1.82, 2.24) is 0 Å². The molecule has 0 amide bonds. The number of nitrogens with one attached hydrogen (secondary N) is 1. The molecule has 0 radical (unpaired) electrons. The van der Waals surface area contributed by atoms with E-state index in [-0.39, 0.29) is 0 Å². The fraction of sp³-hybridized carbons (Fsp3) is 0.114. The van der Waals surface area contributed by atoms with Gasteiger partial charge in [0.2, 0.25) is 0 Å². The lowest BCUT2D eigenvalue weighted by atomic mass is 10.1. The smallest absolute Gasteiger partial charge is 0.160 e. The maximum atomic E-state index is 5.96. The summed E-state index contributed by atoms with van der Waals surface area (Å²) in [6.45, 7) is 6.36. The molecule has 0 unspecified atom stereocenters. The molecule has 0 heterocycles. The lowest BCUT2D eigenvalue weighted by Crippen LogP contribution is -2.32. The van der Waals surface area contributed by atoms with Gasteiger partial charge >= 0.3 is 0 Å². The van der Waals surface area contributed by atoms with Crippen LogP contribution in [0.1, 0.15) is 35.1 Å². The second kappa shape index (κ2) is 14.1. The topological polar surface area (TPSA) is 53.6 Å². The number of nitrogens with zero attached hydrogens (tertiary/aromatic N) is 2. The molecule has 0 aliphatic carbocycles. The SMILES string of the molecule is C=CC#CCC/C=C/c1ccccc1Nc1ccc(CN(/C(=N\N)c2ccccc2)c2ccccc2C)cc1. The molecule has 0 spiro atoms. The van der Waals surface area contributed by atoms with E-state index in [2.05, 4.69) is 107 Å². The Morgan fingerprint density at radius 3 is 2.38 bits per heavy atom. The van der Waals surface area contributed by atoms with Gasteiger partial charge in [0.15, 0.2) is 5.84 Å². The van der Waals surface area contributed by atoms with Crippen LogP contribution in [0.2, 0.25) is 0 Å². The van der Waals surface area contributed by atoms with Crippen molar-refractivity contribution in [1.29, 1.82) is 0 Å². The summed E-state index contributed by atoms with van der Waals surface area (Å²) in [5.41, 5.74) is 7.56. The van der Waals surface area contributed by atoms with Crippen molar-refractivity contribution in [3.8, 4) is 11.8 Å². The average molecular weight is 511 g/mol. The van der Waals surface area contributed by atoms with Crippen molar-refractivity contribution in [3.63, 3.8) is 0 Å². The number of para-hydroxylation sites is 2. The van der Waals surface area contributed by atoms with Gasteiger partial charge in [0.1, 0.15) is 0 Å². The van der Waals surface area contributed by atoms with Crippen LogP contribution in [-0.4, -0.2) is 5.84 Å². The van der Waals surface area contributed by atoms with Gasteiger partial charge in [0, 0.05) is 35.6 Å². The number of unbranched alkanes of at least 4 members (excludes halogenated alkanes) is 1. The number of hydrogen-bond donors (Lipinski definition) is 2. The summed E-state index contributed by atoms with van der Waals surface area (Å²) in [7, 11) is 0. The number of allylic oxidation sites excluding steroid dienone is 2. The Labute approximate surface area is 232 Å². The molecule has 0 bridgehead atoms. The number of amidine groups is 1. The van der Waals surface area contributed by atoms with Crippen molar-refractivity contribution in [2.45, 2.75) is 26.3 Å². The quantitative estimate of drug-likeness (QED) is 0.0598. The monoisotopic (exact) mass is 510 g/mol. The molecule has 4 aromatic rings. The minimum atomic E-state index is 0.629. The molecule has 39 heavy (non-hydrogen) atoms. The molecule has 0 aliphatic rings. The maximum absolute atomic E-state index is 5.96. The van der Waals surface area contributed by atoms with E-state index in [1.807, 2.05) is 48.5 Å². The van der Waals surface area contributed by atoms with Gasteiger partial charge in [0.25, 0.3) is 0 Å². The maximum Gasteiger partial charge on any atom is 0.160 e. The summed E-state index contributed by atoms with van der Waals surface area (Å²) in [6, 6.07) is 35.2. The first kappa shape index (κ1) is 27.0. The van der Waals surface area contributed by atoms with Crippen molar-refractivity contribution < 1.29 is 0 Å². The second-order valence-corrected chi connectivity index (χ2v) is 9.07. The zero-order chi connectivity index (χ0) is 27.3. The van der Waals surface area contributed by atoms with Gasteiger partial charge in [-0.15, -0.1) is 0 Å². The normalized spacial score (nSPS) is 11.1. The highest BCUT2D eigenvalue weighted by Gasteiger charge is 2.18. The van der Waals surface area contributed by atoms with Gasteiger partial charge in [-0.3, -0.25) is 0 Å². The Balaban J connectivity index is 1.53. The van der Waals surface area contributed by atoms with Crippen LogP contribution in [0, 0.1) is 18.8 Å². The number of nitrogens with two attached hydrogens (primary N) is 1. The minimum Gasteiger partial charge on any atom is -0.355 e. The number of rotatable bonds is 9. The predicted octanol–water partition coefficient (Wildman–Crippen LogP) is 8.05. The van der Waals surface area contributed by atoms with Gasteiger partial charge in [0.05, 0.1) is 0 Å². The van der Waals surface area contributed by atoms with E-state index in [0.717, 1.165) is 58.0 Å². The molecule has 4 rings (SSSR count). The van der Waals surface area contributed by atoms with E-state index < -0.39 is 0 Å². The molecule has 0 aromatic heterocycles. The fourth-order valence-corrected chi connectivity index (χ4v) is 4.33. The van der Waals surface area contributed by atoms with Crippen molar-refractivity contribution >= 4 is 29.0 Å². The summed E-state index contributed by atoms with van der Waals surface area (Å²) in [5.74, 6) is 12.6. The molecular weight excluding hydrogens is 476 g/mol. The van der Waals surface area contributed by atoms with E-state index >= 15 is 0 Å². The number of hydrazone groups is 1. The van der Waals surface area contributed by atoms with Crippen LogP contribution in [0.3, 0.4) is 0 Å². The summed E-state index contributed by atoms with van der Waals surface area (Å²) in [6.07, 6.45) is 7.65. The van der Waals surface area contributed by atoms with Gasteiger partial charge in [-0.1, -0.05) is 109 Å². The zero-order valence-corrected chi connectivity index (χ0v) is 22.3. The van der Waals surface area contributed by atoms with Crippen LogP contribution in [-0.2, 0) is 6.54 Å². The molecule has 0 fully saturated rings. The highest BCUT2D eigenvalue weighted by molar-refractivity contribution is 6.10. The lowest BCUT2D eigenvalue weighted by molar-refractivity contribution is 0.985. The van der Waals surface area contributed by atoms with Gasteiger partial charge in [-0.2, -0.15) is 5.10 Å². The van der Waals surface area contributed by atoms with Crippen LogP contribution in [0.5, 0.6) is 0 Å². The van der Waals surface area contributed by atoms with E-state index in [1.54, 1.807) is 6.08 Å². The van der Waals surface area contributed by atoms with Crippen molar-refractivity contribution in [2.75, 3.05) is 10.2 Å². The second-order valence-electron chi connectivity index (χ2n) is 9.07. The molecule has 194 valence electrons. The highest BCUT2D eigenvalue weighted by atomic mass is 15.3. The van der Waals surface area contributed by atoms with Crippen LogP contribution >= 0.6 is 0 Å². The minimum absolute atomic E-state index is 0.629. The Morgan fingerprint density at radius 1 is 0.923 bits per heavy atom. The van der Waals surface area contributed by atoms with Gasteiger partial charge in [-0.05, 0) is 60.4 Å². The third kappa shape index (κ3) is 7.50. The molecule has 3 N–H and O–H groups in total.